The van der Waals surface area contributed by atoms with E-state index >= 15 is 0 Å². The van der Waals surface area contributed by atoms with E-state index < -0.39 is 6.03 Å². The zero-order valence-corrected chi connectivity index (χ0v) is 10.3. The number of ether oxygens (including phenoxy) is 1. The van der Waals surface area contributed by atoms with Crippen molar-refractivity contribution in [3.8, 4) is 0 Å². The number of carbonyl (C=O) groups is 1. The molecule has 7 heteroatoms. The third kappa shape index (κ3) is 10.0. The Labute approximate surface area is 102 Å². The van der Waals surface area contributed by atoms with E-state index in [1.54, 1.807) is 0 Å². The molecule has 4 N–H and O–H groups in total. The van der Waals surface area contributed by atoms with Gasteiger partial charge in [0.2, 0.25) is 0 Å². The van der Waals surface area contributed by atoms with Gasteiger partial charge in [0.1, 0.15) is 6.73 Å². The number of carbonyl (C=O) groups excluding carboxylic acids is 1. The summed E-state index contributed by atoms with van der Waals surface area (Å²) in [5.74, 6) is 0. The molecule has 0 spiro atoms. The molecule has 0 aliphatic rings. The highest BCUT2D eigenvalue weighted by Crippen LogP contribution is 1.86. The summed E-state index contributed by atoms with van der Waals surface area (Å²) in [5.41, 5.74) is 2.49. The second kappa shape index (κ2) is 11.6. The van der Waals surface area contributed by atoms with Crippen LogP contribution in [0.3, 0.4) is 0 Å². The van der Waals surface area contributed by atoms with E-state index in [-0.39, 0.29) is 33.0 Å². The number of aliphatic hydroxyl groups is 2. The van der Waals surface area contributed by atoms with Gasteiger partial charge in [-0.1, -0.05) is 13.3 Å². The molecular weight excluding hydrogens is 226 g/mol. The fourth-order valence-corrected chi connectivity index (χ4v) is 1.08. The van der Waals surface area contributed by atoms with Crippen LogP contribution in [0, 0.1) is 0 Å². The molecule has 0 unspecified atom stereocenters. The lowest BCUT2D eigenvalue weighted by Crippen LogP contribution is -2.49. The average molecular weight is 249 g/mol. The molecule has 0 fully saturated rings. The minimum atomic E-state index is -0.414. The van der Waals surface area contributed by atoms with Crippen LogP contribution in [0.5, 0.6) is 0 Å². The topological polar surface area (TPSA) is 94.1 Å². The molecule has 0 saturated carbocycles. The van der Waals surface area contributed by atoms with E-state index in [1.165, 1.54) is 5.01 Å². The Morgan fingerprint density at radius 1 is 1.29 bits per heavy atom. The number of hydrogen-bond donors (Lipinski definition) is 4. The predicted octanol–water partition coefficient (Wildman–Crippen LogP) is -0.739. The van der Waals surface area contributed by atoms with Crippen molar-refractivity contribution in [3.63, 3.8) is 0 Å². The SMILES string of the molecule is CCCCOCNC(=O)NN(CCO)CCO. The highest BCUT2D eigenvalue weighted by molar-refractivity contribution is 5.73. The van der Waals surface area contributed by atoms with Crippen LogP contribution in [-0.2, 0) is 4.74 Å². The summed E-state index contributed by atoms with van der Waals surface area (Å²) in [6.45, 7) is 3.19. The Morgan fingerprint density at radius 2 is 1.94 bits per heavy atom. The number of unbranched alkanes of at least 4 members (excludes halogenated alkanes) is 1. The standard InChI is InChI=1S/C10H23N3O4/c1-2-3-8-17-9-11-10(16)12-13(4-6-14)5-7-15/h14-15H,2-9H2,1H3,(H2,11,12,16). The first-order chi connectivity index (χ1) is 8.24. The van der Waals surface area contributed by atoms with Crippen LogP contribution in [0.25, 0.3) is 0 Å². The zero-order chi connectivity index (χ0) is 12.9. The normalized spacial score (nSPS) is 10.6. The minimum absolute atomic E-state index is 0.0900. The number of rotatable bonds is 10. The summed E-state index contributed by atoms with van der Waals surface area (Å²) in [7, 11) is 0. The largest absolute Gasteiger partial charge is 0.395 e. The van der Waals surface area contributed by atoms with Crippen molar-refractivity contribution in [1.29, 1.82) is 0 Å². The van der Waals surface area contributed by atoms with Gasteiger partial charge in [0.15, 0.2) is 0 Å². The number of aliphatic hydroxyl groups excluding tert-OH is 2. The molecule has 0 saturated heterocycles. The quantitative estimate of drug-likeness (QED) is 0.232. The maximum absolute atomic E-state index is 11.3. The van der Waals surface area contributed by atoms with Crippen LogP contribution in [0.1, 0.15) is 19.8 Å². The third-order valence-corrected chi connectivity index (χ3v) is 1.98. The number of nitrogens with zero attached hydrogens (tertiary/aromatic N) is 1. The Hall–Kier alpha value is -0.890. The van der Waals surface area contributed by atoms with Gasteiger partial charge < -0.3 is 20.3 Å². The lowest BCUT2D eigenvalue weighted by molar-refractivity contribution is 0.100. The Kier molecular flexibility index (Phi) is 11.0. The van der Waals surface area contributed by atoms with E-state index in [9.17, 15) is 4.79 Å². The highest BCUT2D eigenvalue weighted by atomic mass is 16.5. The van der Waals surface area contributed by atoms with Crippen molar-refractivity contribution in [1.82, 2.24) is 15.8 Å². The van der Waals surface area contributed by atoms with Crippen molar-refractivity contribution >= 4 is 6.03 Å². The molecule has 0 radical (unpaired) electrons. The lowest BCUT2D eigenvalue weighted by Gasteiger charge is -2.21. The molecule has 102 valence electrons. The Balaban J connectivity index is 3.59. The lowest BCUT2D eigenvalue weighted by atomic mass is 10.4. The molecular formula is C10H23N3O4. The first kappa shape index (κ1) is 16.1. The van der Waals surface area contributed by atoms with Crippen LogP contribution in [-0.4, -0.2) is 60.9 Å². The summed E-state index contributed by atoms with van der Waals surface area (Å²) in [6, 6.07) is -0.414. The third-order valence-electron chi connectivity index (χ3n) is 1.98. The monoisotopic (exact) mass is 249 g/mol. The van der Waals surface area contributed by atoms with Gasteiger partial charge in [-0.15, -0.1) is 0 Å². The molecule has 0 heterocycles. The van der Waals surface area contributed by atoms with Crippen molar-refractivity contribution in [2.75, 3.05) is 39.6 Å². The molecule has 2 amide bonds. The molecule has 0 aromatic carbocycles. The van der Waals surface area contributed by atoms with E-state index in [1.807, 2.05) is 0 Å². The van der Waals surface area contributed by atoms with Gasteiger partial charge in [-0.2, -0.15) is 0 Å². The van der Waals surface area contributed by atoms with E-state index in [2.05, 4.69) is 17.7 Å². The predicted molar refractivity (Wildman–Crippen MR) is 63.1 cm³/mol. The Morgan fingerprint density at radius 3 is 2.47 bits per heavy atom. The van der Waals surface area contributed by atoms with Crippen LogP contribution in [0.4, 0.5) is 4.79 Å². The van der Waals surface area contributed by atoms with Crippen molar-refractivity contribution in [2.45, 2.75) is 19.8 Å². The van der Waals surface area contributed by atoms with Crippen LogP contribution >= 0.6 is 0 Å². The molecule has 0 atom stereocenters. The molecule has 0 aliphatic heterocycles. The number of hydrazine groups is 1. The number of nitrogens with one attached hydrogen (secondary N) is 2. The van der Waals surface area contributed by atoms with Gasteiger partial charge >= 0.3 is 6.03 Å². The van der Waals surface area contributed by atoms with Gasteiger partial charge in [-0.25, -0.2) is 9.80 Å². The first-order valence-corrected chi connectivity index (χ1v) is 5.83. The fraction of sp³-hybridized carbons (Fsp3) is 0.900. The number of amides is 2. The number of hydrogen-bond acceptors (Lipinski definition) is 5. The van der Waals surface area contributed by atoms with Gasteiger partial charge in [-0.05, 0) is 6.42 Å². The number of urea groups is 1. The first-order valence-electron chi connectivity index (χ1n) is 5.83. The summed E-state index contributed by atoms with van der Waals surface area (Å²) in [6.07, 6.45) is 2.01. The summed E-state index contributed by atoms with van der Waals surface area (Å²) in [5, 5.41) is 21.4. The fourth-order valence-electron chi connectivity index (χ4n) is 1.08. The smallest absolute Gasteiger partial charge is 0.331 e. The van der Waals surface area contributed by atoms with E-state index in [4.69, 9.17) is 14.9 Å². The van der Waals surface area contributed by atoms with Crippen molar-refractivity contribution < 1.29 is 19.7 Å². The van der Waals surface area contributed by atoms with Crippen LogP contribution < -0.4 is 10.7 Å². The van der Waals surface area contributed by atoms with Gasteiger partial charge in [0.25, 0.3) is 0 Å². The van der Waals surface area contributed by atoms with Gasteiger partial charge in [0, 0.05) is 19.7 Å². The second-order valence-corrected chi connectivity index (χ2v) is 3.46. The van der Waals surface area contributed by atoms with Gasteiger partial charge in [0.05, 0.1) is 13.2 Å². The highest BCUT2D eigenvalue weighted by Gasteiger charge is 2.07. The Bertz CT molecular complexity index is 186. The maximum atomic E-state index is 11.3. The van der Waals surface area contributed by atoms with Crippen LogP contribution in [0.2, 0.25) is 0 Å². The molecule has 17 heavy (non-hydrogen) atoms. The summed E-state index contributed by atoms with van der Waals surface area (Å²) < 4.78 is 5.16. The summed E-state index contributed by atoms with van der Waals surface area (Å²) >= 11 is 0. The second-order valence-electron chi connectivity index (χ2n) is 3.46. The average Bonchev–Trinajstić information content (AvgIpc) is 2.29. The van der Waals surface area contributed by atoms with E-state index in [0.29, 0.717) is 6.61 Å². The van der Waals surface area contributed by atoms with E-state index in [0.717, 1.165) is 12.8 Å². The molecule has 0 aromatic rings. The molecule has 7 nitrogen and oxygen atoms in total. The summed E-state index contributed by atoms with van der Waals surface area (Å²) in [4.78, 5) is 11.3. The van der Waals surface area contributed by atoms with Crippen molar-refractivity contribution in [3.05, 3.63) is 0 Å². The van der Waals surface area contributed by atoms with Gasteiger partial charge in [-0.3, -0.25) is 5.43 Å². The molecule has 0 bridgehead atoms. The molecule has 0 aromatic heterocycles. The molecule has 0 aliphatic carbocycles. The van der Waals surface area contributed by atoms with Crippen LogP contribution in [0.15, 0.2) is 0 Å². The van der Waals surface area contributed by atoms with Crippen molar-refractivity contribution in [2.24, 2.45) is 0 Å². The minimum Gasteiger partial charge on any atom is -0.395 e. The zero-order valence-electron chi connectivity index (χ0n) is 10.3. The molecule has 0 rings (SSSR count). The maximum Gasteiger partial charge on any atom is 0.331 e.